The number of aliphatic carboxylic acids is 1. The van der Waals surface area contributed by atoms with Gasteiger partial charge in [-0.05, 0) is 44.9 Å². The molecule has 1 aromatic carbocycles. The maximum atomic E-state index is 11.3. The molecule has 2 rings (SSSR count). The number of phenolic OH excluding ortho intramolecular Hbond substituents is 1. The summed E-state index contributed by atoms with van der Waals surface area (Å²) in [5.74, 6) is -0.631. The molecule has 1 aliphatic heterocycles. The molecule has 0 spiro atoms. The molecule has 2 unspecified atom stereocenters. The highest BCUT2D eigenvalue weighted by Crippen LogP contribution is 2.48. The van der Waals surface area contributed by atoms with Crippen LogP contribution in [0.5, 0.6) is 5.75 Å². The van der Waals surface area contributed by atoms with Gasteiger partial charge in [0.15, 0.2) is 0 Å². The minimum atomic E-state index is -0.857. The number of aryl methyl sites for hydroxylation is 2. The largest absolute Gasteiger partial charge is 0.508 e. The summed E-state index contributed by atoms with van der Waals surface area (Å²) in [5.41, 5.74) is 2.76. The number of aromatic hydroxyl groups is 1. The highest BCUT2D eigenvalue weighted by Gasteiger charge is 2.46. The maximum absolute atomic E-state index is 11.3. The zero-order chi connectivity index (χ0) is 14.4. The van der Waals surface area contributed by atoms with Crippen molar-refractivity contribution in [2.24, 2.45) is 0 Å². The van der Waals surface area contributed by atoms with Crippen LogP contribution in [0.25, 0.3) is 0 Å². The zero-order valence-corrected chi connectivity index (χ0v) is 12.3. The van der Waals surface area contributed by atoms with Crippen molar-refractivity contribution in [1.29, 1.82) is 0 Å². The van der Waals surface area contributed by atoms with Crippen molar-refractivity contribution < 1.29 is 15.0 Å². The summed E-state index contributed by atoms with van der Waals surface area (Å²) in [7, 11) is 0. The molecule has 0 radical (unpaired) electrons. The highest BCUT2D eigenvalue weighted by molar-refractivity contribution is 8.01. The van der Waals surface area contributed by atoms with Crippen molar-refractivity contribution in [2.45, 2.75) is 43.9 Å². The molecule has 0 aromatic heterocycles. The van der Waals surface area contributed by atoms with Gasteiger partial charge in [-0.3, -0.25) is 10.1 Å². The summed E-state index contributed by atoms with van der Waals surface area (Å²) in [6, 6.07) is 3.09. The van der Waals surface area contributed by atoms with Crippen LogP contribution in [0.3, 0.4) is 0 Å². The summed E-state index contributed by atoms with van der Waals surface area (Å²) >= 11 is 1.54. The van der Waals surface area contributed by atoms with E-state index < -0.39 is 16.8 Å². The Morgan fingerprint density at radius 1 is 1.37 bits per heavy atom. The first-order valence-electron chi connectivity index (χ1n) is 6.19. The van der Waals surface area contributed by atoms with Gasteiger partial charge in [0.25, 0.3) is 0 Å². The van der Waals surface area contributed by atoms with E-state index in [0.29, 0.717) is 0 Å². The molecule has 0 aliphatic carbocycles. The van der Waals surface area contributed by atoms with E-state index in [0.717, 1.165) is 16.7 Å². The average Bonchev–Trinajstić information content (AvgIpc) is 2.52. The molecule has 0 saturated carbocycles. The fourth-order valence-corrected chi connectivity index (χ4v) is 4.11. The quantitative estimate of drug-likeness (QED) is 0.777. The Morgan fingerprint density at radius 2 is 2.00 bits per heavy atom. The third kappa shape index (κ3) is 2.58. The summed E-state index contributed by atoms with van der Waals surface area (Å²) in [4.78, 5) is 11.3. The molecule has 1 heterocycles. The maximum Gasteiger partial charge on any atom is 0.322 e. The number of nitrogens with one attached hydrogen (secondary N) is 1. The van der Waals surface area contributed by atoms with Crippen LogP contribution in [0, 0.1) is 13.8 Å². The van der Waals surface area contributed by atoms with Gasteiger partial charge >= 0.3 is 5.97 Å². The van der Waals surface area contributed by atoms with E-state index in [2.05, 4.69) is 5.32 Å². The van der Waals surface area contributed by atoms with Gasteiger partial charge in [-0.2, -0.15) is 0 Å². The molecule has 0 amide bonds. The van der Waals surface area contributed by atoms with Crippen LogP contribution < -0.4 is 5.32 Å². The lowest BCUT2D eigenvalue weighted by Gasteiger charge is -2.20. The number of carboxylic acid groups (broad SMARTS) is 1. The topological polar surface area (TPSA) is 69.6 Å². The number of hydrogen-bond acceptors (Lipinski definition) is 4. The Balaban J connectivity index is 2.38. The fraction of sp³-hybridized carbons (Fsp3) is 0.500. The van der Waals surface area contributed by atoms with Gasteiger partial charge in [0.1, 0.15) is 11.8 Å². The van der Waals surface area contributed by atoms with Crippen LogP contribution in [0.4, 0.5) is 0 Å². The molecular weight excluding hydrogens is 262 g/mol. The first kappa shape index (κ1) is 14.2. The van der Waals surface area contributed by atoms with Crippen molar-refractivity contribution in [2.75, 3.05) is 0 Å². The lowest BCUT2D eigenvalue weighted by Crippen LogP contribution is -2.43. The number of rotatable bonds is 2. The molecule has 1 fully saturated rings. The first-order valence-corrected chi connectivity index (χ1v) is 7.07. The van der Waals surface area contributed by atoms with E-state index in [-0.39, 0.29) is 11.1 Å². The highest BCUT2D eigenvalue weighted by atomic mass is 32.2. The van der Waals surface area contributed by atoms with Crippen molar-refractivity contribution in [3.05, 3.63) is 28.8 Å². The molecule has 5 heteroatoms. The van der Waals surface area contributed by atoms with Gasteiger partial charge in [0, 0.05) is 10.3 Å². The number of carboxylic acids is 1. The van der Waals surface area contributed by atoms with Crippen molar-refractivity contribution in [3.63, 3.8) is 0 Å². The zero-order valence-electron chi connectivity index (χ0n) is 11.5. The van der Waals surface area contributed by atoms with Gasteiger partial charge in [-0.25, -0.2) is 0 Å². The summed E-state index contributed by atoms with van der Waals surface area (Å²) in [6.07, 6.45) is 0. The Hall–Kier alpha value is -1.20. The van der Waals surface area contributed by atoms with Crippen molar-refractivity contribution in [1.82, 2.24) is 5.32 Å². The molecule has 0 bridgehead atoms. The standard InChI is InChI=1S/C14H19NO3S/c1-7-5-8(2)10(9(16)6-7)12-15-11(13(17)18)14(3,4)19-12/h5-6,11-12,15-16H,1-4H3,(H,17,18). The summed E-state index contributed by atoms with van der Waals surface area (Å²) in [6.45, 7) is 7.68. The van der Waals surface area contributed by atoms with Crippen molar-refractivity contribution >= 4 is 17.7 Å². The van der Waals surface area contributed by atoms with E-state index in [1.54, 1.807) is 6.07 Å². The molecule has 1 saturated heterocycles. The van der Waals surface area contributed by atoms with E-state index in [1.807, 2.05) is 33.8 Å². The second kappa shape index (κ2) is 4.72. The smallest absolute Gasteiger partial charge is 0.322 e. The normalized spacial score (nSPS) is 25.5. The third-order valence-electron chi connectivity index (χ3n) is 3.45. The average molecular weight is 281 g/mol. The minimum Gasteiger partial charge on any atom is -0.508 e. The Morgan fingerprint density at radius 3 is 2.47 bits per heavy atom. The second-order valence-electron chi connectivity index (χ2n) is 5.55. The third-order valence-corrected chi connectivity index (χ3v) is 4.90. The number of thioether (sulfide) groups is 1. The molecule has 1 aliphatic rings. The predicted octanol–water partition coefficient (Wildman–Crippen LogP) is 2.58. The van der Waals surface area contributed by atoms with Gasteiger partial charge in [-0.15, -0.1) is 11.8 Å². The predicted molar refractivity (Wildman–Crippen MR) is 76.6 cm³/mol. The van der Waals surface area contributed by atoms with E-state index >= 15 is 0 Å². The van der Waals surface area contributed by atoms with Gasteiger partial charge < -0.3 is 10.2 Å². The summed E-state index contributed by atoms with van der Waals surface area (Å²) < 4.78 is -0.416. The van der Waals surface area contributed by atoms with Crippen LogP contribution >= 0.6 is 11.8 Å². The van der Waals surface area contributed by atoms with Gasteiger partial charge in [0.2, 0.25) is 0 Å². The van der Waals surface area contributed by atoms with Crippen molar-refractivity contribution in [3.8, 4) is 5.75 Å². The number of carbonyl (C=O) groups is 1. The van der Waals surface area contributed by atoms with Crippen LogP contribution in [0.2, 0.25) is 0 Å². The van der Waals surface area contributed by atoms with Crippen LogP contribution in [-0.4, -0.2) is 27.0 Å². The second-order valence-corrected chi connectivity index (χ2v) is 7.31. The molecular formula is C14H19NO3S. The fourth-order valence-electron chi connectivity index (χ4n) is 2.57. The molecule has 2 atom stereocenters. The van der Waals surface area contributed by atoms with E-state index in [1.165, 1.54) is 11.8 Å². The Labute approximate surface area is 117 Å². The SMILES string of the molecule is Cc1cc(C)c(C2NC(C(=O)O)C(C)(C)S2)c(O)c1. The number of phenols is 1. The number of hydrogen-bond donors (Lipinski definition) is 3. The monoisotopic (exact) mass is 281 g/mol. The van der Waals surface area contributed by atoms with E-state index in [9.17, 15) is 15.0 Å². The lowest BCUT2D eigenvalue weighted by atomic mass is 10.0. The molecule has 3 N–H and O–H groups in total. The number of benzene rings is 1. The van der Waals surface area contributed by atoms with Crippen LogP contribution in [0.1, 0.15) is 35.9 Å². The van der Waals surface area contributed by atoms with Gasteiger partial charge in [0.05, 0.1) is 5.37 Å². The molecule has 1 aromatic rings. The first-order chi connectivity index (χ1) is 8.72. The van der Waals surface area contributed by atoms with Gasteiger partial charge in [-0.1, -0.05) is 6.07 Å². The lowest BCUT2D eigenvalue weighted by molar-refractivity contribution is -0.139. The van der Waals surface area contributed by atoms with Crippen LogP contribution in [0.15, 0.2) is 12.1 Å². The molecule has 19 heavy (non-hydrogen) atoms. The van der Waals surface area contributed by atoms with Crippen LogP contribution in [-0.2, 0) is 4.79 Å². The minimum absolute atomic E-state index is 0.198. The molecule has 104 valence electrons. The Kier molecular flexibility index (Phi) is 3.53. The molecule has 4 nitrogen and oxygen atoms in total. The van der Waals surface area contributed by atoms with E-state index in [4.69, 9.17) is 0 Å². The summed E-state index contributed by atoms with van der Waals surface area (Å²) in [5, 5.41) is 22.3. The Bertz CT molecular complexity index is 504.